The molecule has 5 heteroatoms. The number of oxazole rings is 1. The Hall–Kier alpha value is -1.72. The molecule has 1 aromatic carbocycles. The van der Waals surface area contributed by atoms with Crippen molar-refractivity contribution in [2.75, 3.05) is 13.7 Å². The molecule has 124 valence electrons. The summed E-state index contributed by atoms with van der Waals surface area (Å²) in [5.41, 5.74) is 0.704. The van der Waals surface area contributed by atoms with Crippen LogP contribution in [-0.4, -0.2) is 34.7 Å². The SMILES string of the molecule is CN(Cc1ncc(-c2cccc(F)c2)o1)C1CCC(CO)CC1. The van der Waals surface area contributed by atoms with E-state index in [-0.39, 0.29) is 5.82 Å². The number of aliphatic hydroxyl groups is 1. The highest BCUT2D eigenvalue weighted by Crippen LogP contribution is 2.28. The van der Waals surface area contributed by atoms with Crippen LogP contribution in [0.2, 0.25) is 0 Å². The van der Waals surface area contributed by atoms with Crippen molar-refractivity contribution in [3.05, 3.63) is 42.2 Å². The maximum atomic E-state index is 13.3. The summed E-state index contributed by atoms with van der Waals surface area (Å²) in [6.07, 6.45) is 6.00. The van der Waals surface area contributed by atoms with E-state index in [1.165, 1.54) is 12.1 Å². The Balaban J connectivity index is 1.60. The van der Waals surface area contributed by atoms with E-state index in [0.29, 0.717) is 42.3 Å². The van der Waals surface area contributed by atoms with E-state index in [9.17, 15) is 9.50 Å². The van der Waals surface area contributed by atoms with E-state index in [1.807, 2.05) is 6.07 Å². The maximum Gasteiger partial charge on any atom is 0.209 e. The summed E-state index contributed by atoms with van der Waals surface area (Å²) in [5.74, 6) is 1.42. The van der Waals surface area contributed by atoms with E-state index in [0.717, 1.165) is 25.7 Å². The lowest BCUT2D eigenvalue weighted by Gasteiger charge is -2.33. The molecule has 0 aliphatic heterocycles. The van der Waals surface area contributed by atoms with Crippen molar-refractivity contribution in [3.8, 4) is 11.3 Å². The summed E-state index contributed by atoms with van der Waals surface area (Å²) >= 11 is 0. The summed E-state index contributed by atoms with van der Waals surface area (Å²) in [6, 6.07) is 6.84. The molecule has 1 aromatic heterocycles. The van der Waals surface area contributed by atoms with Gasteiger partial charge in [-0.1, -0.05) is 12.1 Å². The summed E-state index contributed by atoms with van der Waals surface area (Å²) in [7, 11) is 2.08. The van der Waals surface area contributed by atoms with Crippen molar-refractivity contribution in [2.45, 2.75) is 38.3 Å². The van der Waals surface area contributed by atoms with E-state index in [4.69, 9.17) is 4.42 Å². The highest BCUT2D eigenvalue weighted by atomic mass is 19.1. The molecule has 0 saturated heterocycles. The van der Waals surface area contributed by atoms with Crippen LogP contribution >= 0.6 is 0 Å². The third-order valence-electron chi connectivity index (χ3n) is 4.75. The fraction of sp³-hybridized carbons (Fsp3) is 0.500. The van der Waals surface area contributed by atoms with Crippen molar-refractivity contribution in [1.82, 2.24) is 9.88 Å². The molecule has 23 heavy (non-hydrogen) atoms. The molecule has 1 saturated carbocycles. The maximum absolute atomic E-state index is 13.3. The molecular formula is C18H23FN2O2. The number of benzene rings is 1. The highest BCUT2D eigenvalue weighted by molar-refractivity contribution is 5.56. The molecule has 1 N–H and O–H groups in total. The number of nitrogens with zero attached hydrogens (tertiary/aromatic N) is 2. The molecule has 1 fully saturated rings. The van der Waals surface area contributed by atoms with Gasteiger partial charge in [-0.15, -0.1) is 0 Å². The van der Waals surface area contributed by atoms with Gasteiger partial charge >= 0.3 is 0 Å². The third kappa shape index (κ3) is 3.98. The molecule has 1 aliphatic rings. The van der Waals surface area contributed by atoms with Gasteiger partial charge in [-0.3, -0.25) is 4.90 Å². The van der Waals surface area contributed by atoms with Gasteiger partial charge in [-0.2, -0.15) is 0 Å². The lowest BCUT2D eigenvalue weighted by Crippen LogP contribution is -2.35. The van der Waals surface area contributed by atoms with Crippen LogP contribution in [0.4, 0.5) is 4.39 Å². The standard InChI is InChI=1S/C18H23FN2O2/c1-21(16-7-5-13(12-22)6-8-16)11-18-20-10-17(23-18)14-3-2-4-15(19)9-14/h2-4,9-10,13,16,22H,5-8,11-12H2,1H3. The summed E-state index contributed by atoms with van der Waals surface area (Å²) in [5, 5.41) is 9.22. The zero-order chi connectivity index (χ0) is 16.2. The molecule has 3 rings (SSSR count). The van der Waals surface area contributed by atoms with Gasteiger partial charge in [0.15, 0.2) is 5.76 Å². The van der Waals surface area contributed by atoms with Crippen LogP contribution in [-0.2, 0) is 6.54 Å². The summed E-state index contributed by atoms with van der Waals surface area (Å²) in [4.78, 5) is 6.58. The number of aliphatic hydroxyl groups excluding tert-OH is 1. The first kappa shape index (κ1) is 16.1. The quantitative estimate of drug-likeness (QED) is 0.917. The lowest BCUT2D eigenvalue weighted by molar-refractivity contribution is 0.118. The van der Waals surface area contributed by atoms with Crippen LogP contribution in [0.3, 0.4) is 0 Å². The van der Waals surface area contributed by atoms with E-state index in [2.05, 4.69) is 16.9 Å². The minimum Gasteiger partial charge on any atom is -0.439 e. The molecule has 1 aliphatic carbocycles. The average Bonchev–Trinajstić information content (AvgIpc) is 3.03. The predicted octanol–water partition coefficient (Wildman–Crippen LogP) is 3.46. The van der Waals surface area contributed by atoms with Crippen molar-refractivity contribution in [2.24, 2.45) is 5.92 Å². The highest BCUT2D eigenvalue weighted by Gasteiger charge is 2.24. The van der Waals surface area contributed by atoms with Crippen LogP contribution < -0.4 is 0 Å². The minimum absolute atomic E-state index is 0.279. The average molecular weight is 318 g/mol. The number of aromatic nitrogens is 1. The monoisotopic (exact) mass is 318 g/mol. The first-order valence-electron chi connectivity index (χ1n) is 8.17. The van der Waals surface area contributed by atoms with E-state index < -0.39 is 0 Å². The Kier molecular flexibility index (Phi) is 5.08. The second-order valence-corrected chi connectivity index (χ2v) is 6.40. The Morgan fingerprint density at radius 3 is 2.78 bits per heavy atom. The predicted molar refractivity (Wildman–Crippen MR) is 86.2 cm³/mol. The lowest BCUT2D eigenvalue weighted by atomic mass is 9.86. The second-order valence-electron chi connectivity index (χ2n) is 6.40. The van der Waals surface area contributed by atoms with Gasteiger partial charge < -0.3 is 9.52 Å². The fourth-order valence-corrected chi connectivity index (χ4v) is 3.27. The van der Waals surface area contributed by atoms with Crippen LogP contribution in [0.1, 0.15) is 31.6 Å². The van der Waals surface area contributed by atoms with Crippen molar-refractivity contribution < 1.29 is 13.9 Å². The molecule has 4 nitrogen and oxygen atoms in total. The minimum atomic E-state index is -0.279. The van der Waals surface area contributed by atoms with Gasteiger partial charge in [0.2, 0.25) is 5.89 Å². The third-order valence-corrected chi connectivity index (χ3v) is 4.75. The molecule has 2 aromatic rings. The van der Waals surface area contributed by atoms with Crippen LogP contribution in [0.5, 0.6) is 0 Å². The van der Waals surface area contributed by atoms with Gasteiger partial charge in [0, 0.05) is 18.2 Å². The van der Waals surface area contributed by atoms with Gasteiger partial charge in [0.1, 0.15) is 5.82 Å². The van der Waals surface area contributed by atoms with Crippen molar-refractivity contribution in [3.63, 3.8) is 0 Å². The normalized spacial score (nSPS) is 21.7. The Bertz CT molecular complexity index is 635. The first-order valence-corrected chi connectivity index (χ1v) is 8.17. The Labute approximate surface area is 136 Å². The number of halogens is 1. The van der Waals surface area contributed by atoms with Crippen LogP contribution in [0, 0.1) is 11.7 Å². The summed E-state index contributed by atoms with van der Waals surface area (Å²) in [6.45, 7) is 0.941. The van der Waals surface area contributed by atoms with Gasteiger partial charge in [0.25, 0.3) is 0 Å². The van der Waals surface area contributed by atoms with Gasteiger partial charge in [0.05, 0.1) is 12.7 Å². The van der Waals surface area contributed by atoms with Gasteiger partial charge in [-0.05, 0) is 50.8 Å². The Morgan fingerprint density at radius 2 is 2.09 bits per heavy atom. The topological polar surface area (TPSA) is 49.5 Å². The second kappa shape index (κ2) is 7.23. The van der Waals surface area contributed by atoms with Crippen molar-refractivity contribution in [1.29, 1.82) is 0 Å². The van der Waals surface area contributed by atoms with E-state index >= 15 is 0 Å². The molecule has 1 heterocycles. The zero-order valence-electron chi connectivity index (χ0n) is 13.4. The first-order chi connectivity index (χ1) is 11.2. The molecular weight excluding hydrogens is 295 g/mol. The number of hydrogen-bond acceptors (Lipinski definition) is 4. The van der Waals surface area contributed by atoms with E-state index in [1.54, 1.807) is 12.3 Å². The number of hydrogen-bond donors (Lipinski definition) is 1. The molecule has 0 bridgehead atoms. The molecule has 0 amide bonds. The smallest absolute Gasteiger partial charge is 0.209 e. The summed E-state index contributed by atoms with van der Waals surface area (Å²) < 4.78 is 19.1. The van der Waals surface area contributed by atoms with Gasteiger partial charge in [-0.25, -0.2) is 9.37 Å². The number of rotatable bonds is 5. The Morgan fingerprint density at radius 1 is 1.30 bits per heavy atom. The van der Waals surface area contributed by atoms with Crippen LogP contribution in [0.25, 0.3) is 11.3 Å². The molecule has 0 unspecified atom stereocenters. The van der Waals surface area contributed by atoms with Crippen LogP contribution in [0.15, 0.2) is 34.9 Å². The molecule has 0 atom stereocenters. The molecule has 0 spiro atoms. The van der Waals surface area contributed by atoms with Crippen molar-refractivity contribution >= 4 is 0 Å². The molecule has 0 radical (unpaired) electrons. The fourth-order valence-electron chi connectivity index (χ4n) is 3.27. The zero-order valence-corrected chi connectivity index (χ0v) is 13.4. The largest absolute Gasteiger partial charge is 0.439 e.